The summed E-state index contributed by atoms with van der Waals surface area (Å²) in [7, 11) is 0. The lowest BCUT2D eigenvalue weighted by molar-refractivity contribution is 0.0696. The Bertz CT molecular complexity index is 775. The highest BCUT2D eigenvalue weighted by Gasteiger charge is 2.06. The van der Waals surface area contributed by atoms with Crippen molar-refractivity contribution in [2.45, 2.75) is 6.54 Å². The van der Waals surface area contributed by atoms with Gasteiger partial charge in [0.05, 0.1) is 23.7 Å². The third-order valence-corrected chi connectivity index (χ3v) is 2.68. The molecule has 6 heteroatoms. The first kappa shape index (κ1) is 13.5. The van der Waals surface area contributed by atoms with Crippen molar-refractivity contribution in [3.05, 3.63) is 69.4 Å². The minimum absolute atomic E-state index is 0.0607. The maximum absolute atomic E-state index is 13.3. The number of carboxylic acid groups (broad SMARTS) is 1. The molecule has 0 aliphatic rings. The van der Waals surface area contributed by atoms with E-state index >= 15 is 0 Å². The Kier molecular flexibility index (Phi) is 3.62. The van der Waals surface area contributed by atoms with Gasteiger partial charge in [-0.25, -0.2) is 9.18 Å². The van der Waals surface area contributed by atoms with Crippen LogP contribution in [0.15, 0.2) is 41.3 Å². The molecule has 2 aromatic rings. The van der Waals surface area contributed by atoms with Crippen molar-refractivity contribution in [3.8, 4) is 6.07 Å². The second kappa shape index (κ2) is 5.36. The number of carbonyl (C=O) groups is 1. The first-order valence-electron chi connectivity index (χ1n) is 5.63. The van der Waals surface area contributed by atoms with Crippen LogP contribution in [0.1, 0.15) is 21.5 Å². The lowest BCUT2D eigenvalue weighted by Crippen LogP contribution is -2.20. The topological polar surface area (TPSA) is 83.1 Å². The molecule has 0 saturated carbocycles. The van der Waals surface area contributed by atoms with E-state index < -0.39 is 17.3 Å². The maximum Gasteiger partial charge on any atom is 0.335 e. The molecule has 0 spiro atoms. The van der Waals surface area contributed by atoms with Crippen LogP contribution in [0.25, 0.3) is 0 Å². The lowest BCUT2D eigenvalue weighted by Gasteiger charge is -2.06. The van der Waals surface area contributed by atoms with Crippen molar-refractivity contribution < 1.29 is 14.3 Å². The normalized spacial score (nSPS) is 10.0. The molecule has 0 atom stereocenters. The predicted octanol–water partition coefficient (Wildman–Crippen LogP) is 1.61. The van der Waals surface area contributed by atoms with E-state index in [2.05, 4.69) is 0 Å². The van der Waals surface area contributed by atoms with Crippen molar-refractivity contribution >= 4 is 5.97 Å². The molecular formula is C14H9FN2O3. The van der Waals surface area contributed by atoms with Crippen LogP contribution in [0.2, 0.25) is 0 Å². The summed E-state index contributed by atoms with van der Waals surface area (Å²) in [6, 6.07) is 7.90. The van der Waals surface area contributed by atoms with Gasteiger partial charge in [-0.15, -0.1) is 0 Å². The Hall–Kier alpha value is -2.94. The van der Waals surface area contributed by atoms with E-state index in [0.29, 0.717) is 5.56 Å². The summed E-state index contributed by atoms with van der Waals surface area (Å²) in [5.74, 6) is -1.75. The van der Waals surface area contributed by atoms with Gasteiger partial charge in [0, 0.05) is 12.3 Å². The van der Waals surface area contributed by atoms with Gasteiger partial charge in [0.25, 0.3) is 5.56 Å². The fourth-order valence-electron chi connectivity index (χ4n) is 1.77. The van der Waals surface area contributed by atoms with Crippen LogP contribution in [0, 0.1) is 17.1 Å². The summed E-state index contributed by atoms with van der Waals surface area (Å²) in [4.78, 5) is 22.4. The van der Waals surface area contributed by atoms with Crippen LogP contribution in [0.4, 0.5) is 4.39 Å². The van der Waals surface area contributed by atoms with Gasteiger partial charge in [-0.2, -0.15) is 5.26 Å². The number of aromatic carboxylic acids is 1. The van der Waals surface area contributed by atoms with E-state index in [1.807, 2.05) is 6.07 Å². The molecule has 1 heterocycles. The average molecular weight is 272 g/mol. The zero-order valence-electron chi connectivity index (χ0n) is 10.2. The number of nitriles is 1. The SMILES string of the molecule is N#Cc1cc(F)cc(Cn2ccc(C(=O)O)cc2=O)c1. The van der Waals surface area contributed by atoms with Crippen molar-refractivity contribution in [1.82, 2.24) is 4.57 Å². The van der Waals surface area contributed by atoms with E-state index in [1.165, 1.54) is 29.0 Å². The third kappa shape index (κ3) is 2.90. The molecule has 100 valence electrons. The fraction of sp³-hybridized carbons (Fsp3) is 0.0714. The van der Waals surface area contributed by atoms with E-state index in [4.69, 9.17) is 10.4 Å². The predicted molar refractivity (Wildman–Crippen MR) is 67.9 cm³/mol. The number of halogens is 1. The Morgan fingerprint density at radius 2 is 2.10 bits per heavy atom. The van der Waals surface area contributed by atoms with Crippen molar-refractivity contribution in [3.63, 3.8) is 0 Å². The minimum Gasteiger partial charge on any atom is -0.478 e. The molecule has 0 fully saturated rings. The van der Waals surface area contributed by atoms with Gasteiger partial charge in [-0.05, 0) is 29.8 Å². The van der Waals surface area contributed by atoms with Gasteiger partial charge >= 0.3 is 5.97 Å². The van der Waals surface area contributed by atoms with Gasteiger partial charge in [0.1, 0.15) is 5.82 Å². The first-order chi connectivity index (χ1) is 9.49. The average Bonchev–Trinajstić information content (AvgIpc) is 2.40. The smallest absolute Gasteiger partial charge is 0.335 e. The molecular weight excluding hydrogens is 263 g/mol. The molecule has 0 saturated heterocycles. The molecule has 0 radical (unpaired) electrons. The number of aromatic nitrogens is 1. The second-order valence-corrected chi connectivity index (χ2v) is 4.15. The van der Waals surface area contributed by atoms with Crippen LogP contribution in [-0.2, 0) is 6.54 Å². The zero-order chi connectivity index (χ0) is 14.7. The van der Waals surface area contributed by atoms with Gasteiger partial charge in [0.2, 0.25) is 0 Å². The number of carboxylic acids is 1. The molecule has 0 amide bonds. The molecule has 5 nitrogen and oxygen atoms in total. The highest BCUT2D eigenvalue weighted by Crippen LogP contribution is 2.09. The fourth-order valence-corrected chi connectivity index (χ4v) is 1.77. The summed E-state index contributed by atoms with van der Waals surface area (Å²) in [5.41, 5.74) is -0.00203. The molecule has 2 rings (SSSR count). The van der Waals surface area contributed by atoms with Gasteiger partial charge in [0.15, 0.2) is 0 Å². The largest absolute Gasteiger partial charge is 0.478 e. The highest BCUT2D eigenvalue weighted by molar-refractivity contribution is 5.87. The number of pyridine rings is 1. The summed E-state index contributed by atoms with van der Waals surface area (Å²) in [5, 5.41) is 17.5. The molecule has 0 aliphatic heterocycles. The highest BCUT2D eigenvalue weighted by atomic mass is 19.1. The summed E-state index contributed by atoms with van der Waals surface area (Å²) in [6.07, 6.45) is 1.32. The number of hydrogen-bond acceptors (Lipinski definition) is 3. The van der Waals surface area contributed by atoms with Crippen LogP contribution < -0.4 is 5.56 Å². The molecule has 0 aliphatic carbocycles. The first-order valence-corrected chi connectivity index (χ1v) is 5.63. The molecule has 0 unspecified atom stereocenters. The van der Waals surface area contributed by atoms with E-state index in [-0.39, 0.29) is 17.7 Å². The van der Waals surface area contributed by atoms with Gasteiger partial charge < -0.3 is 9.67 Å². The maximum atomic E-state index is 13.3. The van der Waals surface area contributed by atoms with Crippen LogP contribution in [0.3, 0.4) is 0 Å². The molecule has 1 aromatic heterocycles. The Labute approximate surface area is 113 Å². The standard InChI is InChI=1S/C14H9FN2O3/c15-12-4-9(7-16)3-10(5-12)8-17-2-1-11(14(19)20)6-13(17)18/h1-6H,8H2,(H,19,20). The summed E-state index contributed by atoms with van der Waals surface area (Å²) in [6.45, 7) is 0.0607. The Morgan fingerprint density at radius 3 is 2.70 bits per heavy atom. The van der Waals surface area contributed by atoms with Gasteiger partial charge in [-0.1, -0.05) is 0 Å². The molecule has 20 heavy (non-hydrogen) atoms. The van der Waals surface area contributed by atoms with Gasteiger partial charge in [-0.3, -0.25) is 4.79 Å². The number of rotatable bonds is 3. The van der Waals surface area contributed by atoms with Crippen molar-refractivity contribution in [2.24, 2.45) is 0 Å². The van der Waals surface area contributed by atoms with Crippen LogP contribution in [-0.4, -0.2) is 15.6 Å². The summed E-state index contributed by atoms with van der Waals surface area (Å²) >= 11 is 0. The van der Waals surface area contributed by atoms with E-state index in [9.17, 15) is 14.0 Å². The van der Waals surface area contributed by atoms with Crippen molar-refractivity contribution in [2.75, 3.05) is 0 Å². The number of benzene rings is 1. The molecule has 1 N–H and O–H groups in total. The summed E-state index contributed by atoms with van der Waals surface area (Å²) < 4.78 is 14.5. The Morgan fingerprint density at radius 1 is 1.35 bits per heavy atom. The van der Waals surface area contributed by atoms with E-state index in [0.717, 1.165) is 12.1 Å². The second-order valence-electron chi connectivity index (χ2n) is 4.15. The lowest BCUT2D eigenvalue weighted by atomic mass is 10.1. The van der Waals surface area contributed by atoms with Crippen LogP contribution in [0.5, 0.6) is 0 Å². The van der Waals surface area contributed by atoms with E-state index in [1.54, 1.807) is 0 Å². The molecule has 0 bridgehead atoms. The minimum atomic E-state index is -1.19. The number of hydrogen-bond donors (Lipinski definition) is 1. The molecule has 1 aromatic carbocycles. The quantitative estimate of drug-likeness (QED) is 0.920. The third-order valence-electron chi connectivity index (χ3n) is 2.68. The monoisotopic (exact) mass is 272 g/mol. The zero-order valence-corrected chi connectivity index (χ0v) is 10.2. The Balaban J connectivity index is 2.36. The number of nitrogens with zero attached hydrogens (tertiary/aromatic N) is 2. The van der Waals surface area contributed by atoms with Crippen LogP contribution >= 0.6 is 0 Å². The van der Waals surface area contributed by atoms with Crippen molar-refractivity contribution in [1.29, 1.82) is 5.26 Å².